The Kier molecular flexibility index (Phi) is 7.31. The molecule has 3 aromatic carbocycles. The minimum Gasteiger partial charge on any atom is -0.493 e. The summed E-state index contributed by atoms with van der Waals surface area (Å²) in [6, 6.07) is 19.1. The van der Waals surface area contributed by atoms with Gasteiger partial charge in [0, 0.05) is 5.69 Å². The summed E-state index contributed by atoms with van der Waals surface area (Å²) in [5, 5.41) is 6.89. The fourth-order valence-electron chi connectivity index (χ4n) is 2.55. The van der Waals surface area contributed by atoms with Gasteiger partial charge in [0.1, 0.15) is 5.82 Å². The molecule has 1 amide bonds. The molecule has 0 aliphatic heterocycles. The van der Waals surface area contributed by atoms with Crippen LogP contribution in [0.15, 0.2) is 77.9 Å². The molecule has 0 spiro atoms. The molecule has 0 heterocycles. The summed E-state index contributed by atoms with van der Waals surface area (Å²) in [6.07, 6.45) is 1.44. The van der Waals surface area contributed by atoms with E-state index in [-0.39, 0.29) is 23.8 Å². The molecule has 2 N–H and O–H groups in total. The van der Waals surface area contributed by atoms with Crippen LogP contribution >= 0.6 is 0 Å². The molecule has 3 rings (SSSR count). The smallest absolute Gasteiger partial charge is 0.343 e. The number of nitrogens with one attached hydrogen (secondary N) is 2. The van der Waals surface area contributed by atoms with Crippen molar-refractivity contribution in [2.45, 2.75) is 0 Å². The second-order valence-corrected chi connectivity index (χ2v) is 6.32. The quantitative estimate of drug-likeness (QED) is 0.251. The number of ether oxygens (including phenoxy) is 2. The van der Waals surface area contributed by atoms with E-state index in [0.29, 0.717) is 11.3 Å². The van der Waals surface area contributed by atoms with Crippen LogP contribution in [-0.4, -0.2) is 31.7 Å². The Labute approximate surface area is 178 Å². The van der Waals surface area contributed by atoms with Crippen LogP contribution in [0.25, 0.3) is 0 Å². The number of amides is 1. The number of hydrazone groups is 1. The first-order chi connectivity index (χ1) is 15.0. The van der Waals surface area contributed by atoms with Gasteiger partial charge in [-0.2, -0.15) is 5.10 Å². The number of methoxy groups -OCH3 is 1. The lowest BCUT2D eigenvalue weighted by Gasteiger charge is -2.10. The zero-order valence-electron chi connectivity index (χ0n) is 16.7. The third-order valence-electron chi connectivity index (χ3n) is 4.10. The largest absolute Gasteiger partial charge is 0.493 e. The number of anilines is 1. The van der Waals surface area contributed by atoms with E-state index in [0.717, 1.165) is 5.69 Å². The standard InChI is InChI=1S/C23H20FN3O4/c1-30-21-13-16(14-26-27-22(28)15-25-19-5-3-2-4-6-19)7-12-20(21)31-23(29)17-8-10-18(24)11-9-17/h2-14,25H,15H2,1H3,(H,27,28)/b26-14+. The van der Waals surface area contributed by atoms with Crippen molar-refractivity contribution in [3.63, 3.8) is 0 Å². The number of benzene rings is 3. The second-order valence-electron chi connectivity index (χ2n) is 6.32. The van der Waals surface area contributed by atoms with Crippen LogP contribution in [0.1, 0.15) is 15.9 Å². The SMILES string of the molecule is COc1cc(/C=N/NC(=O)CNc2ccccc2)ccc1OC(=O)c1ccc(F)cc1. The summed E-state index contributed by atoms with van der Waals surface area (Å²) in [7, 11) is 1.43. The van der Waals surface area contributed by atoms with Gasteiger partial charge in [-0.1, -0.05) is 18.2 Å². The minimum absolute atomic E-state index is 0.0724. The lowest BCUT2D eigenvalue weighted by molar-refractivity contribution is -0.119. The first-order valence-corrected chi connectivity index (χ1v) is 9.32. The van der Waals surface area contributed by atoms with E-state index in [1.165, 1.54) is 37.6 Å². The van der Waals surface area contributed by atoms with Gasteiger partial charge in [0.05, 0.1) is 25.4 Å². The molecule has 0 radical (unpaired) electrons. The highest BCUT2D eigenvalue weighted by Gasteiger charge is 2.13. The lowest BCUT2D eigenvalue weighted by atomic mass is 10.2. The van der Waals surface area contributed by atoms with E-state index in [1.54, 1.807) is 18.2 Å². The van der Waals surface area contributed by atoms with Crippen LogP contribution in [-0.2, 0) is 4.79 Å². The van der Waals surface area contributed by atoms with E-state index >= 15 is 0 Å². The molecule has 0 unspecified atom stereocenters. The summed E-state index contributed by atoms with van der Waals surface area (Å²) in [5.41, 5.74) is 4.08. The van der Waals surface area contributed by atoms with Crippen molar-refractivity contribution in [1.82, 2.24) is 5.43 Å². The number of carbonyl (C=O) groups is 2. The van der Waals surface area contributed by atoms with Crippen molar-refractivity contribution in [1.29, 1.82) is 0 Å². The Morgan fingerprint density at radius 3 is 2.45 bits per heavy atom. The predicted molar refractivity (Wildman–Crippen MR) is 115 cm³/mol. The Bertz CT molecular complexity index is 1070. The monoisotopic (exact) mass is 421 g/mol. The zero-order chi connectivity index (χ0) is 22.1. The first kappa shape index (κ1) is 21.5. The summed E-state index contributed by atoms with van der Waals surface area (Å²) in [5.74, 6) is -0.892. The highest BCUT2D eigenvalue weighted by atomic mass is 19.1. The van der Waals surface area contributed by atoms with Crippen LogP contribution in [0.4, 0.5) is 10.1 Å². The molecular weight excluding hydrogens is 401 g/mol. The molecule has 0 aliphatic rings. The van der Waals surface area contributed by atoms with Crippen LogP contribution in [0.3, 0.4) is 0 Å². The van der Waals surface area contributed by atoms with E-state index in [4.69, 9.17) is 9.47 Å². The third-order valence-corrected chi connectivity index (χ3v) is 4.10. The van der Waals surface area contributed by atoms with Crippen LogP contribution in [0.2, 0.25) is 0 Å². The molecule has 7 nitrogen and oxygen atoms in total. The molecule has 0 bridgehead atoms. The molecule has 8 heteroatoms. The molecule has 0 saturated heterocycles. The van der Waals surface area contributed by atoms with Gasteiger partial charge < -0.3 is 14.8 Å². The van der Waals surface area contributed by atoms with Gasteiger partial charge in [-0.15, -0.1) is 0 Å². The minimum atomic E-state index is -0.641. The number of para-hydroxylation sites is 1. The molecular formula is C23H20FN3O4. The van der Waals surface area contributed by atoms with Crippen LogP contribution < -0.4 is 20.2 Å². The lowest BCUT2D eigenvalue weighted by Crippen LogP contribution is -2.25. The molecule has 158 valence electrons. The molecule has 0 aliphatic carbocycles. The number of carbonyl (C=O) groups excluding carboxylic acids is 2. The summed E-state index contributed by atoms with van der Waals surface area (Å²) >= 11 is 0. The summed E-state index contributed by atoms with van der Waals surface area (Å²) < 4.78 is 23.6. The summed E-state index contributed by atoms with van der Waals surface area (Å²) in [6.45, 7) is 0.0724. The maximum Gasteiger partial charge on any atom is 0.343 e. The number of hydrogen-bond acceptors (Lipinski definition) is 6. The van der Waals surface area contributed by atoms with E-state index in [9.17, 15) is 14.0 Å². The van der Waals surface area contributed by atoms with Gasteiger partial charge in [0.2, 0.25) is 0 Å². The number of rotatable bonds is 8. The van der Waals surface area contributed by atoms with Crippen LogP contribution in [0.5, 0.6) is 11.5 Å². The van der Waals surface area contributed by atoms with Crippen molar-refractivity contribution >= 4 is 23.8 Å². The molecule has 0 atom stereocenters. The highest BCUT2D eigenvalue weighted by molar-refractivity contribution is 5.91. The Balaban J connectivity index is 1.56. The Morgan fingerprint density at radius 2 is 1.74 bits per heavy atom. The maximum absolute atomic E-state index is 13.0. The number of esters is 1. The van der Waals surface area contributed by atoms with Gasteiger partial charge in [-0.3, -0.25) is 4.79 Å². The van der Waals surface area contributed by atoms with Gasteiger partial charge >= 0.3 is 5.97 Å². The number of nitrogens with zero attached hydrogens (tertiary/aromatic N) is 1. The van der Waals surface area contributed by atoms with E-state index in [1.807, 2.05) is 30.3 Å². The predicted octanol–water partition coefficient (Wildman–Crippen LogP) is 3.62. The topological polar surface area (TPSA) is 89.0 Å². The van der Waals surface area contributed by atoms with Crippen molar-refractivity contribution in [2.75, 3.05) is 19.0 Å². The molecule has 3 aromatic rings. The molecule has 0 fully saturated rings. The van der Waals surface area contributed by atoms with E-state index < -0.39 is 11.8 Å². The van der Waals surface area contributed by atoms with Crippen molar-refractivity contribution in [3.05, 3.63) is 89.7 Å². The Hall–Kier alpha value is -4.20. The van der Waals surface area contributed by atoms with Gasteiger partial charge in [0.15, 0.2) is 11.5 Å². The van der Waals surface area contributed by atoms with Gasteiger partial charge in [-0.25, -0.2) is 14.6 Å². The van der Waals surface area contributed by atoms with Gasteiger partial charge in [-0.05, 0) is 60.2 Å². The van der Waals surface area contributed by atoms with Crippen LogP contribution in [0, 0.1) is 5.82 Å². The maximum atomic E-state index is 13.0. The number of hydrogen-bond donors (Lipinski definition) is 2. The normalized spacial score (nSPS) is 10.5. The summed E-state index contributed by atoms with van der Waals surface area (Å²) in [4.78, 5) is 24.1. The molecule has 0 aromatic heterocycles. The van der Waals surface area contributed by atoms with E-state index in [2.05, 4.69) is 15.8 Å². The highest BCUT2D eigenvalue weighted by Crippen LogP contribution is 2.28. The molecule has 0 saturated carbocycles. The second kappa shape index (κ2) is 10.5. The van der Waals surface area contributed by atoms with Crippen molar-refractivity contribution < 1.29 is 23.5 Å². The zero-order valence-corrected chi connectivity index (χ0v) is 16.7. The average molecular weight is 421 g/mol. The number of halogens is 1. The fourth-order valence-corrected chi connectivity index (χ4v) is 2.55. The molecule has 31 heavy (non-hydrogen) atoms. The average Bonchev–Trinajstić information content (AvgIpc) is 2.79. The van der Waals surface area contributed by atoms with Crippen molar-refractivity contribution in [3.8, 4) is 11.5 Å². The fraction of sp³-hybridized carbons (Fsp3) is 0.0870. The van der Waals surface area contributed by atoms with Crippen molar-refractivity contribution in [2.24, 2.45) is 5.10 Å². The third kappa shape index (κ3) is 6.40. The van der Waals surface area contributed by atoms with Gasteiger partial charge in [0.25, 0.3) is 5.91 Å². The Morgan fingerprint density at radius 1 is 1.00 bits per heavy atom. The first-order valence-electron chi connectivity index (χ1n) is 9.32.